The van der Waals surface area contributed by atoms with E-state index in [2.05, 4.69) is 17.2 Å². The molecule has 6 aromatic rings. The van der Waals surface area contributed by atoms with E-state index < -0.39 is 11.5 Å². The number of aryl methyl sites for hydroxylation is 3. The molecule has 5 aliphatic carbocycles. The lowest BCUT2D eigenvalue weighted by Gasteiger charge is -2.33. The highest BCUT2D eigenvalue weighted by Gasteiger charge is 2.33. The van der Waals surface area contributed by atoms with E-state index in [0.29, 0.717) is 65.9 Å². The third-order valence-electron chi connectivity index (χ3n) is 16.9. The number of nitrogens with one attached hydrogen (secondary N) is 1. The fraction of sp³-hybridized carbons (Fsp3) is 0.419. The standard InChI is InChI=1S/C27H31NO3.C20H22O4.C19H20O4.C8H13N/c1-4-27(14-6-5-7-15-27)28-26(29)24-17-21(10-13-25(24)31-18-20-8-9-20)23-12-11-22(30-3)16-19(23)2;1-13-10-16(22-2)7-8-17(13)15-6-9-19(24-12-14-4-5-14)18(11-15)20(21)23-3;1-12-9-15(22-2)6-7-16(12)14-5-8-18(17(10-14)19(20)21)23-11-13-3-4-13;1-2-8(9)6-4-3-5-7-8/h1,10-13,16-17,20H,5-9,14-15,18H2,2-3H3,(H,28,29);6-11,14H,4-5,12H2,1-3H3;5-10,13H,3-4,11H2,1-2H3,(H,20,21);1H,3-7,9H2. The number of carbonyl (C=O) groups is 3. The molecule has 0 bridgehead atoms. The highest BCUT2D eigenvalue weighted by molar-refractivity contribution is 5.99. The van der Waals surface area contributed by atoms with Crippen molar-refractivity contribution < 1.29 is 52.6 Å². The molecular formula is C74H86N2O11. The number of amides is 1. The summed E-state index contributed by atoms with van der Waals surface area (Å²) in [5.74, 6) is 9.92. The molecule has 13 nitrogen and oxygen atoms in total. The van der Waals surface area contributed by atoms with Crippen LogP contribution in [-0.2, 0) is 4.74 Å². The molecular weight excluding hydrogens is 1090 g/mol. The molecule has 0 atom stereocenters. The molecule has 5 fully saturated rings. The molecule has 458 valence electrons. The number of aromatic carboxylic acids is 1. The average molecular weight is 1180 g/mol. The molecule has 6 aromatic carbocycles. The van der Waals surface area contributed by atoms with E-state index in [-0.39, 0.29) is 23.0 Å². The second kappa shape index (κ2) is 30.3. The van der Waals surface area contributed by atoms with Gasteiger partial charge in [0.15, 0.2) is 0 Å². The minimum atomic E-state index is -0.969. The normalized spacial score (nSPS) is 16.1. The first-order chi connectivity index (χ1) is 42.0. The van der Waals surface area contributed by atoms with Crippen LogP contribution in [0.2, 0.25) is 0 Å². The van der Waals surface area contributed by atoms with Gasteiger partial charge in [0.2, 0.25) is 0 Å². The summed E-state index contributed by atoms with van der Waals surface area (Å²) in [5.41, 5.74) is 15.3. The molecule has 0 unspecified atom stereocenters. The summed E-state index contributed by atoms with van der Waals surface area (Å²) in [4.78, 5) is 37.1. The molecule has 0 saturated heterocycles. The Morgan fingerprint density at radius 1 is 0.506 bits per heavy atom. The van der Waals surface area contributed by atoms with E-state index in [1.165, 1.54) is 71.3 Å². The summed E-state index contributed by atoms with van der Waals surface area (Å²) in [6, 6.07) is 34.5. The van der Waals surface area contributed by atoms with E-state index in [0.717, 1.165) is 106 Å². The van der Waals surface area contributed by atoms with Crippen LogP contribution in [0.25, 0.3) is 33.4 Å². The molecule has 0 aromatic heterocycles. The van der Waals surface area contributed by atoms with Crippen LogP contribution in [0.5, 0.6) is 34.5 Å². The number of benzene rings is 6. The van der Waals surface area contributed by atoms with Gasteiger partial charge in [-0.25, -0.2) is 9.59 Å². The Bertz CT molecular complexity index is 3440. The Kier molecular flexibility index (Phi) is 22.5. The highest BCUT2D eigenvalue weighted by atomic mass is 16.5. The zero-order valence-electron chi connectivity index (χ0n) is 51.8. The van der Waals surface area contributed by atoms with Crippen LogP contribution in [0.3, 0.4) is 0 Å². The van der Waals surface area contributed by atoms with Gasteiger partial charge in [-0.2, -0.15) is 0 Å². The number of hydrogen-bond acceptors (Lipinski definition) is 11. The van der Waals surface area contributed by atoms with Gasteiger partial charge in [0.1, 0.15) is 51.2 Å². The minimum absolute atomic E-state index is 0.154. The molecule has 1 amide bonds. The van der Waals surface area contributed by atoms with Crippen LogP contribution in [0, 0.1) is 63.2 Å². The van der Waals surface area contributed by atoms with Crippen LogP contribution in [-0.4, -0.2) is 82.3 Å². The van der Waals surface area contributed by atoms with Crippen LogP contribution in [0.1, 0.15) is 150 Å². The van der Waals surface area contributed by atoms with Crippen molar-refractivity contribution in [3.05, 3.63) is 143 Å². The summed E-state index contributed by atoms with van der Waals surface area (Å²) in [6.07, 6.45) is 28.9. The van der Waals surface area contributed by atoms with E-state index >= 15 is 0 Å². The van der Waals surface area contributed by atoms with Gasteiger partial charge in [-0.3, -0.25) is 4.79 Å². The lowest BCUT2D eigenvalue weighted by Crippen LogP contribution is -2.48. The van der Waals surface area contributed by atoms with E-state index in [4.69, 9.17) is 51.7 Å². The van der Waals surface area contributed by atoms with Crippen molar-refractivity contribution in [2.75, 3.05) is 48.3 Å². The van der Waals surface area contributed by atoms with Gasteiger partial charge in [-0.15, -0.1) is 12.8 Å². The second-order valence-corrected chi connectivity index (χ2v) is 23.8. The summed E-state index contributed by atoms with van der Waals surface area (Å²) < 4.78 is 38.3. The van der Waals surface area contributed by atoms with Gasteiger partial charge in [0.25, 0.3) is 5.91 Å². The Labute approximate surface area is 515 Å². The van der Waals surface area contributed by atoms with E-state index in [1.54, 1.807) is 33.5 Å². The molecule has 11 rings (SSSR count). The van der Waals surface area contributed by atoms with Crippen molar-refractivity contribution in [2.24, 2.45) is 23.5 Å². The zero-order chi connectivity index (χ0) is 62.1. The van der Waals surface area contributed by atoms with Crippen LogP contribution in [0.15, 0.2) is 109 Å². The molecule has 0 aliphatic heterocycles. The van der Waals surface area contributed by atoms with E-state index in [1.807, 2.05) is 118 Å². The molecule has 0 radical (unpaired) electrons. The molecule has 4 N–H and O–H groups in total. The van der Waals surface area contributed by atoms with Gasteiger partial charge in [0, 0.05) is 0 Å². The zero-order valence-corrected chi connectivity index (χ0v) is 51.8. The third kappa shape index (κ3) is 18.1. The van der Waals surface area contributed by atoms with Crippen LogP contribution >= 0.6 is 0 Å². The Balaban J connectivity index is 0.000000159. The smallest absolute Gasteiger partial charge is 0.341 e. The van der Waals surface area contributed by atoms with Gasteiger partial charge < -0.3 is 49.3 Å². The molecule has 5 saturated carbocycles. The lowest BCUT2D eigenvalue weighted by molar-refractivity contribution is 0.0594. The number of ether oxygens (including phenoxy) is 7. The van der Waals surface area contributed by atoms with Crippen molar-refractivity contribution in [3.63, 3.8) is 0 Å². The van der Waals surface area contributed by atoms with Gasteiger partial charge in [0.05, 0.1) is 59.4 Å². The van der Waals surface area contributed by atoms with Crippen LogP contribution < -0.4 is 39.5 Å². The summed E-state index contributed by atoms with van der Waals surface area (Å²) in [7, 11) is 6.33. The number of carboxylic acid groups (broad SMARTS) is 1. The molecule has 0 spiro atoms. The molecule has 0 heterocycles. The quantitative estimate of drug-likeness (QED) is 0.0518. The molecule has 87 heavy (non-hydrogen) atoms. The fourth-order valence-electron chi connectivity index (χ4n) is 10.9. The van der Waals surface area contributed by atoms with Crippen molar-refractivity contribution in [2.45, 2.75) is 135 Å². The molecule has 5 aliphatic rings. The maximum Gasteiger partial charge on any atom is 0.341 e. The fourth-order valence-corrected chi connectivity index (χ4v) is 10.9. The summed E-state index contributed by atoms with van der Waals surface area (Å²) in [5, 5.41) is 12.6. The number of carbonyl (C=O) groups excluding carboxylic acids is 2. The first kappa shape index (κ1) is 64.6. The van der Waals surface area contributed by atoms with Gasteiger partial charge in [-0.1, -0.05) is 86.8 Å². The van der Waals surface area contributed by atoms with Gasteiger partial charge >= 0.3 is 11.9 Å². The SMILES string of the molecule is C#CC1(N)CCCCC1.C#CC1(NC(=O)c2cc(-c3ccc(OC)cc3C)ccc2OCC2CC2)CCCCC1.COC(=O)c1cc(-c2ccc(OC)cc2C)ccc1OCC1CC1.COc1ccc(-c2ccc(OCC3CC3)c(C(=O)O)c2)c(C)c1. The molecule has 13 heteroatoms. The van der Waals surface area contributed by atoms with Crippen molar-refractivity contribution in [1.29, 1.82) is 0 Å². The van der Waals surface area contributed by atoms with Crippen molar-refractivity contribution >= 4 is 17.8 Å². The Hall–Kier alpha value is -8.39. The summed E-state index contributed by atoms with van der Waals surface area (Å²) >= 11 is 0. The number of esters is 1. The maximum absolute atomic E-state index is 13.4. The van der Waals surface area contributed by atoms with Crippen LogP contribution in [0.4, 0.5) is 0 Å². The Morgan fingerprint density at radius 2 is 0.874 bits per heavy atom. The Morgan fingerprint density at radius 3 is 1.21 bits per heavy atom. The monoisotopic (exact) mass is 1180 g/mol. The summed E-state index contributed by atoms with van der Waals surface area (Å²) in [6.45, 7) is 7.96. The average Bonchev–Trinajstić information content (AvgIpc) is 3.01. The number of nitrogens with two attached hydrogens (primary N) is 1. The maximum atomic E-state index is 13.4. The topological polar surface area (TPSA) is 174 Å². The van der Waals surface area contributed by atoms with Crippen molar-refractivity contribution in [3.8, 4) is 92.6 Å². The van der Waals surface area contributed by atoms with Crippen molar-refractivity contribution in [1.82, 2.24) is 5.32 Å². The predicted molar refractivity (Wildman–Crippen MR) is 343 cm³/mol. The number of rotatable bonds is 19. The van der Waals surface area contributed by atoms with E-state index in [9.17, 15) is 19.5 Å². The number of hydrogen-bond donors (Lipinski definition) is 3. The minimum Gasteiger partial charge on any atom is -0.497 e. The number of carboxylic acids is 1. The first-order valence-corrected chi connectivity index (χ1v) is 30.6. The predicted octanol–water partition coefficient (Wildman–Crippen LogP) is 15.2. The highest BCUT2D eigenvalue weighted by Crippen LogP contribution is 2.38. The lowest BCUT2D eigenvalue weighted by atomic mass is 9.82. The first-order valence-electron chi connectivity index (χ1n) is 30.6. The third-order valence-corrected chi connectivity index (χ3v) is 16.9. The number of methoxy groups -OCH3 is 4. The largest absolute Gasteiger partial charge is 0.497 e. The van der Waals surface area contributed by atoms with Gasteiger partial charge in [-0.05, 0) is 226 Å². The second-order valence-electron chi connectivity index (χ2n) is 23.8. The number of terminal acetylenes is 2.